The molecule has 1 aromatic carbocycles. The van der Waals surface area contributed by atoms with Gasteiger partial charge in [-0.05, 0) is 24.8 Å². The number of rotatable bonds is 4. The second-order valence-corrected chi connectivity index (χ2v) is 8.47. The monoisotopic (exact) mass is 354 g/mol. The predicted octanol–water partition coefficient (Wildman–Crippen LogP) is 1.94. The number of carbonyl (C=O) groups is 1. The molecule has 0 spiro atoms. The molecule has 2 atom stereocenters. The second-order valence-electron chi connectivity index (χ2n) is 6.55. The molecule has 2 saturated heterocycles. The molecule has 5 nitrogen and oxygen atoms in total. The Kier molecular flexibility index (Phi) is 5.20. The zero-order chi connectivity index (χ0) is 17.2. The van der Waals surface area contributed by atoms with Gasteiger partial charge in [0.2, 0.25) is 15.9 Å². The van der Waals surface area contributed by atoms with E-state index in [0.29, 0.717) is 18.7 Å². The van der Waals surface area contributed by atoms with Crippen molar-refractivity contribution in [1.82, 2.24) is 9.21 Å². The lowest BCUT2D eigenvalue weighted by atomic mass is 10.1. The Labute approximate surface area is 142 Å². The highest BCUT2D eigenvalue weighted by Crippen LogP contribution is 2.28. The number of benzene rings is 1. The fraction of sp³-hybridized carbons (Fsp3) is 0.588. The lowest BCUT2D eigenvalue weighted by Crippen LogP contribution is -2.49. The molecule has 2 aliphatic rings. The maximum Gasteiger partial charge on any atom is 0.241 e. The molecular weight excluding hydrogens is 331 g/mol. The minimum Gasteiger partial charge on any atom is -0.341 e. The second kappa shape index (κ2) is 7.19. The fourth-order valence-corrected chi connectivity index (χ4v) is 5.21. The van der Waals surface area contributed by atoms with Crippen molar-refractivity contribution in [3.05, 3.63) is 35.9 Å². The first-order chi connectivity index (χ1) is 11.5. The van der Waals surface area contributed by atoms with Gasteiger partial charge in [0.15, 0.2) is 0 Å². The van der Waals surface area contributed by atoms with Crippen LogP contribution in [0.3, 0.4) is 0 Å². The van der Waals surface area contributed by atoms with E-state index in [0.717, 1.165) is 23.6 Å². The number of nitrogens with zero attached hydrogens (tertiary/aromatic N) is 2. The van der Waals surface area contributed by atoms with Gasteiger partial charge in [-0.15, -0.1) is 0 Å². The number of hydrogen-bond acceptors (Lipinski definition) is 3. The molecule has 0 unspecified atom stereocenters. The molecule has 1 amide bonds. The van der Waals surface area contributed by atoms with Gasteiger partial charge in [0.05, 0.1) is 5.75 Å². The molecule has 132 valence electrons. The third-order valence-corrected chi connectivity index (χ3v) is 6.52. The summed E-state index contributed by atoms with van der Waals surface area (Å²) in [5.74, 6) is -0.448. The smallest absolute Gasteiger partial charge is 0.241 e. The minimum absolute atomic E-state index is 0.0383. The number of likely N-dealkylation sites (tertiary alicyclic amines) is 1. The van der Waals surface area contributed by atoms with E-state index in [1.165, 1.54) is 0 Å². The first-order valence-corrected chi connectivity index (χ1v) is 10.0. The lowest BCUT2D eigenvalue weighted by Gasteiger charge is -2.32. The molecule has 0 bridgehead atoms. The maximum absolute atomic E-state index is 13.9. The lowest BCUT2D eigenvalue weighted by molar-refractivity contribution is -0.135. The van der Waals surface area contributed by atoms with Crippen LogP contribution in [0.25, 0.3) is 0 Å². The number of carbonyl (C=O) groups excluding carboxylic acids is 1. The summed E-state index contributed by atoms with van der Waals surface area (Å²) < 4.78 is 40.5. The summed E-state index contributed by atoms with van der Waals surface area (Å²) in [5, 5.41) is 0. The van der Waals surface area contributed by atoms with Crippen molar-refractivity contribution in [3.8, 4) is 0 Å². The highest BCUT2D eigenvalue weighted by molar-refractivity contribution is 7.88. The molecule has 0 N–H and O–H groups in total. The molecule has 0 aliphatic carbocycles. The van der Waals surface area contributed by atoms with E-state index in [9.17, 15) is 17.6 Å². The molecule has 0 saturated carbocycles. The molecule has 2 fully saturated rings. The van der Waals surface area contributed by atoms with Gasteiger partial charge in [0.1, 0.15) is 12.2 Å². The Hall–Kier alpha value is -1.47. The zero-order valence-corrected chi connectivity index (χ0v) is 14.4. The van der Waals surface area contributed by atoms with Crippen molar-refractivity contribution in [2.24, 2.45) is 0 Å². The Morgan fingerprint density at radius 3 is 2.46 bits per heavy atom. The van der Waals surface area contributed by atoms with Gasteiger partial charge in [0, 0.05) is 26.1 Å². The van der Waals surface area contributed by atoms with E-state index in [1.807, 2.05) is 6.07 Å². The largest absolute Gasteiger partial charge is 0.341 e. The number of sulfonamides is 1. The van der Waals surface area contributed by atoms with Gasteiger partial charge in [-0.3, -0.25) is 4.79 Å². The highest BCUT2D eigenvalue weighted by Gasteiger charge is 2.44. The number of piperidine rings is 1. The van der Waals surface area contributed by atoms with Crippen LogP contribution in [0.5, 0.6) is 0 Å². The van der Waals surface area contributed by atoms with Crippen LogP contribution in [0.15, 0.2) is 30.3 Å². The van der Waals surface area contributed by atoms with Crippen molar-refractivity contribution < 1.29 is 17.6 Å². The first-order valence-electron chi connectivity index (χ1n) is 8.44. The molecular formula is C17H23FN2O3S. The SMILES string of the molecule is O=C([C@@H]1C[C@H](F)CN1S(=O)(=O)Cc1ccccc1)N1CCCCC1. The third kappa shape index (κ3) is 3.78. The summed E-state index contributed by atoms with van der Waals surface area (Å²) >= 11 is 0. The Morgan fingerprint density at radius 2 is 1.79 bits per heavy atom. The van der Waals surface area contributed by atoms with Gasteiger partial charge >= 0.3 is 0 Å². The van der Waals surface area contributed by atoms with E-state index in [4.69, 9.17) is 0 Å². The van der Waals surface area contributed by atoms with E-state index in [-0.39, 0.29) is 24.6 Å². The first kappa shape index (κ1) is 17.4. The van der Waals surface area contributed by atoms with E-state index >= 15 is 0 Å². The quantitative estimate of drug-likeness (QED) is 0.830. The number of amides is 1. The number of hydrogen-bond donors (Lipinski definition) is 0. The van der Waals surface area contributed by atoms with Gasteiger partial charge in [0.25, 0.3) is 0 Å². The van der Waals surface area contributed by atoms with Gasteiger partial charge in [-0.1, -0.05) is 30.3 Å². The normalized spacial score (nSPS) is 25.8. The van der Waals surface area contributed by atoms with Crippen LogP contribution < -0.4 is 0 Å². The van der Waals surface area contributed by atoms with Crippen LogP contribution in [0.1, 0.15) is 31.2 Å². The van der Waals surface area contributed by atoms with Crippen LogP contribution in [0, 0.1) is 0 Å². The van der Waals surface area contributed by atoms with Gasteiger partial charge < -0.3 is 4.90 Å². The Morgan fingerprint density at radius 1 is 1.12 bits per heavy atom. The van der Waals surface area contributed by atoms with E-state index in [2.05, 4.69) is 0 Å². The van der Waals surface area contributed by atoms with Crippen molar-refractivity contribution in [3.63, 3.8) is 0 Å². The standard InChI is InChI=1S/C17H23FN2O3S/c18-15-11-16(17(21)19-9-5-2-6-10-19)20(12-15)24(22,23)13-14-7-3-1-4-8-14/h1,3-4,7-8,15-16H,2,5-6,9-13H2/t15-,16-/m0/s1. The van der Waals surface area contributed by atoms with Crippen molar-refractivity contribution in [1.29, 1.82) is 0 Å². The molecule has 0 aromatic heterocycles. The maximum atomic E-state index is 13.9. The van der Waals surface area contributed by atoms with Crippen LogP contribution in [-0.2, 0) is 20.6 Å². The van der Waals surface area contributed by atoms with E-state index in [1.54, 1.807) is 29.2 Å². The topological polar surface area (TPSA) is 57.7 Å². The van der Waals surface area contributed by atoms with Gasteiger partial charge in [-0.25, -0.2) is 12.8 Å². The average Bonchev–Trinajstić information content (AvgIpc) is 2.98. The summed E-state index contributed by atoms with van der Waals surface area (Å²) in [6.45, 7) is 1.05. The van der Waals surface area contributed by atoms with Crippen LogP contribution in [0.4, 0.5) is 4.39 Å². The average molecular weight is 354 g/mol. The Balaban J connectivity index is 1.77. The third-order valence-electron chi connectivity index (χ3n) is 4.71. The molecule has 2 heterocycles. The van der Waals surface area contributed by atoms with Crippen LogP contribution >= 0.6 is 0 Å². The predicted molar refractivity (Wildman–Crippen MR) is 89.5 cm³/mol. The number of alkyl halides is 1. The Bertz CT molecular complexity index is 674. The fourth-order valence-electron chi connectivity index (χ4n) is 3.48. The molecule has 7 heteroatoms. The highest BCUT2D eigenvalue weighted by atomic mass is 32.2. The van der Waals surface area contributed by atoms with Crippen LogP contribution in [-0.4, -0.2) is 55.4 Å². The minimum atomic E-state index is -3.73. The summed E-state index contributed by atoms with van der Waals surface area (Å²) in [5.41, 5.74) is 0.643. The van der Waals surface area contributed by atoms with Crippen molar-refractivity contribution >= 4 is 15.9 Å². The molecule has 2 aliphatic heterocycles. The molecule has 24 heavy (non-hydrogen) atoms. The van der Waals surface area contributed by atoms with Crippen LogP contribution in [0.2, 0.25) is 0 Å². The zero-order valence-electron chi connectivity index (χ0n) is 13.6. The summed E-state index contributed by atoms with van der Waals surface area (Å²) in [4.78, 5) is 14.4. The summed E-state index contributed by atoms with van der Waals surface area (Å²) in [6.07, 6.45) is 1.61. The number of halogens is 1. The molecule has 3 rings (SSSR count). The van der Waals surface area contributed by atoms with Crippen molar-refractivity contribution in [2.75, 3.05) is 19.6 Å². The molecule has 0 radical (unpaired) electrons. The van der Waals surface area contributed by atoms with Gasteiger partial charge in [-0.2, -0.15) is 4.31 Å². The van der Waals surface area contributed by atoms with Crippen molar-refractivity contribution in [2.45, 2.75) is 43.6 Å². The summed E-state index contributed by atoms with van der Waals surface area (Å²) in [6, 6.07) is 7.90. The summed E-state index contributed by atoms with van der Waals surface area (Å²) in [7, 11) is -3.73. The van der Waals surface area contributed by atoms with E-state index < -0.39 is 22.2 Å². The molecule has 1 aromatic rings.